The topological polar surface area (TPSA) is 65.2 Å². The van der Waals surface area contributed by atoms with E-state index in [0.717, 1.165) is 35.5 Å². The van der Waals surface area contributed by atoms with Gasteiger partial charge in [0.25, 0.3) is 0 Å². The molecule has 2 heterocycles. The zero-order valence-corrected chi connectivity index (χ0v) is 14.6. The number of nitriles is 1. The maximum Gasteiger partial charge on any atom is 0.157 e. The van der Waals surface area contributed by atoms with Crippen LogP contribution in [0.4, 0.5) is 5.82 Å². The van der Waals surface area contributed by atoms with Gasteiger partial charge in [-0.05, 0) is 51.5 Å². The Bertz CT molecular complexity index is 925. The van der Waals surface area contributed by atoms with Gasteiger partial charge in [0, 0.05) is 18.6 Å². The normalized spacial score (nSPS) is 11.8. The fraction of sp³-hybridized carbons (Fsp3) is 0.368. The highest BCUT2D eigenvalue weighted by Crippen LogP contribution is 2.26. The van der Waals surface area contributed by atoms with Gasteiger partial charge in [-0.3, -0.25) is 4.40 Å². The summed E-state index contributed by atoms with van der Waals surface area (Å²) in [5, 5.41) is 16.5. The number of nitrogens with zero attached hydrogens (tertiary/aromatic N) is 3. The van der Waals surface area contributed by atoms with Crippen LogP contribution >= 0.6 is 0 Å². The number of pyridine rings is 1. The van der Waals surface area contributed by atoms with E-state index >= 15 is 0 Å². The molecule has 0 amide bonds. The minimum absolute atomic E-state index is 0.0965. The largest absolute Gasteiger partial charge is 0.370 e. The summed E-state index contributed by atoms with van der Waals surface area (Å²) in [6, 6.07) is 12.3. The van der Waals surface area contributed by atoms with Crippen molar-refractivity contribution in [3.8, 4) is 6.07 Å². The third kappa shape index (κ3) is 3.06. The number of imidazole rings is 1. The van der Waals surface area contributed by atoms with Gasteiger partial charge in [0.2, 0.25) is 0 Å². The molecule has 124 valence electrons. The quantitative estimate of drug-likeness (QED) is 0.722. The zero-order chi connectivity index (χ0) is 17.3. The molecule has 2 N–H and O–H groups in total. The van der Waals surface area contributed by atoms with E-state index in [0.29, 0.717) is 11.2 Å². The van der Waals surface area contributed by atoms with Crippen molar-refractivity contribution in [2.45, 2.75) is 33.2 Å². The Morgan fingerprint density at radius 1 is 1.21 bits per heavy atom. The minimum Gasteiger partial charge on any atom is -0.370 e. The first-order valence-corrected chi connectivity index (χ1v) is 8.20. The van der Waals surface area contributed by atoms with E-state index in [4.69, 9.17) is 0 Å². The number of rotatable bonds is 4. The van der Waals surface area contributed by atoms with Crippen LogP contribution in [0.2, 0.25) is 0 Å². The SMILES string of the molecule is Cc1cc(NCCNC(C)(C)C)n2c(nc3ccccc32)c1C#N. The predicted octanol–water partition coefficient (Wildman–Crippen LogP) is 3.47. The zero-order valence-electron chi connectivity index (χ0n) is 14.6. The number of hydrogen-bond donors (Lipinski definition) is 2. The molecule has 0 bridgehead atoms. The summed E-state index contributed by atoms with van der Waals surface area (Å²) in [7, 11) is 0. The molecule has 0 saturated carbocycles. The van der Waals surface area contributed by atoms with Crippen molar-refractivity contribution in [2.24, 2.45) is 0 Å². The number of aromatic nitrogens is 2. The molecule has 0 aliphatic carbocycles. The molecule has 1 aromatic carbocycles. The maximum absolute atomic E-state index is 9.50. The molecule has 2 aromatic heterocycles. The number of benzene rings is 1. The molecule has 0 aliphatic heterocycles. The Hall–Kier alpha value is -2.58. The highest BCUT2D eigenvalue weighted by atomic mass is 15.1. The van der Waals surface area contributed by atoms with Crippen LogP contribution in [0.15, 0.2) is 30.3 Å². The van der Waals surface area contributed by atoms with Crippen molar-refractivity contribution in [2.75, 3.05) is 18.4 Å². The van der Waals surface area contributed by atoms with Gasteiger partial charge in [0.05, 0.1) is 16.6 Å². The predicted molar refractivity (Wildman–Crippen MR) is 98.4 cm³/mol. The van der Waals surface area contributed by atoms with Crippen molar-refractivity contribution >= 4 is 22.5 Å². The minimum atomic E-state index is 0.0965. The van der Waals surface area contributed by atoms with Crippen molar-refractivity contribution in [3.05, 3.63) is 41.5 Å². The van der Waals surface area contributed by atoms with Crippen LogP contribution < -0.4 is 10.6 Å². The molecule has 0 saturated heterocycles. The molecule has 3 aromatic rings. The average molecular weight is 321 g/mol. The molecule has 0 atom stereocenters. The summed E-state index contributed by atoms with van der Waals surface area (Å²) in [5.41, 5.74) is 4.28. The third-order valence-corrected chi connectivity index (χ3v) is 3.97. The van der Waals surface area contributed by atoms with Crippen molar-refractivity contribution < 1.29 is 0 Å². The Labute approximate surface area is 142 Å². The molecule has 5 heteroatoms. The van der Waals surface area contributed by atoms with Gasteiger partial charge in [-0.2, -0.15) is 5.26 Å². The van der Waals surface area contributed by atoms with E-state index in [1.165, 1.54) is 0 Å². The smallest absolute Gasteiger partial charge is 0.157 e. The Morgan fingerprint density at radius 2 is 1.96 bits per heavy atom. The van der Waals surface area contributed by atoms with E-state index in [9.17, 15) is 5.26 Å². The monoisotopic (exact) mass is 321 g/mol. The summed E-state index contributed by atoms with van der Waals surface area (Å²) in [6.45, 7) is 10.1. The van der Waals surface area contributed by atoms with Crippen molar-refractivity contribution in [3.63, 3.8) is 0 Å². The van der Waals surface area contributed by atoms with Gasteiger partial charge in [0.1, 0.15) is 11.9 Å². The molecular weight excluding hydrogens is 298 g/mol. The standard InChI is InChI=1S/C19H23N5/c1-13-11-17(21-9-10-22-19(2,3)4)24-16-8-6-5-7-15(16)23-18(24)14(13)12-20/h5-8,11,21-22H,9-10H2,1-4H3. The van der Waals surface area contributed by atoms with E-state index < -0.39 is 0 Å². The molecule has 24 heavy (non-hydrogen) atoms. The van der Waals surface area contributed by atoms with Crippen molar-refractivity contribution in [1.82, 2.24) is 14.7 Å². The lowest BCUT2D eigenvalue weighted by Gasteiger charge is -2.21. The van der Waals surface area contributed by atoms with Gasteiger partial charge >= 0.3 is 0 Å². The molecule has 3 rings (SSSR count). The summed E-state index contributed by atoms with van der Waals surface area (Å²) in [4.78, 5) is 4.66. The van der Waals surface area contributed by atoms with Crippen LogP contribution in [0.3, 0.4) is 0 Å². The number of aryl methyl sites for hydroxylation is 1. The molecular formula is C19H23N5. The fourth-order valence-electron chi connectivity index (χ4n) is 2.85. The van der Waals surface area contributed by atoms with Crippen LogP contribution in [0.5, 0.6) is 0 Å². The van der Waals surface area contributed by atoms with Crippen molar-refractivity contribution in [1.29, 1.82) is 5.26 Å². The summed E-state index contributed by atoms with van der Waals surface area (Å²) < 4.78 is 2.04. The maximum atomic E-state index is 9.50. The van der Waals surface area contributed by atoms with E-state index in [2.05, 4.69) is 42.5 Å². The van der Waals surface area contributed by atoms with Crippen LogP contribution in [0.25, 0.3) is 16.7 Å². The van der Waals surface area contributed by atoms with Crippen LogP contribution in [0.1, 0.15) is 31.9 Å². The summed E-state index contributed by atoms with van der Waals surface area (Å²) in [5.74, 6) is 0.964. The Balaban J connectivity index is 2.03. The number of fused-ring (bicyclic) bond motifs is 3. The highest BCUT2D eigenvalue weighted by Gasteiger charge is 2.15. The van der Waals surface area contributed by atoms with Gasteiger partial charge in [0.15, 0.2) is 5.65 Å². The first-order valence-electron chi connectivity index (χ1n) is 8.20. The highest BCUT2D eigenvalue weighted by molar-refractivity contribution is 5.85. The number of hydrogen-bond acceptors (Lipinski definition) is 4. The van der Waals surface area contributed by atoms with Crippen LogP contribution in [-0.4, -0.2) is 28.0 Å². The molecule has 0 radical (unpaired) electrons. The number of nitrogens with one attached hydrogen (secondary N) is 2. The van der Waals surface area contributed by atoms with Crippen LogP contribution in [-0.2, 0) is 0 Å². The average Bonchev–Trinajstić information content (AvgIpc) is 2.90. The first kappa shape index (κ1) is 16.3. The lowest BCUT2D eigenvalue weighted by atomic mass is 10.1. The fourth-order valence-corrected chi connectivity index (χ4v) is 2.85. The van der Waals surface area contributed by atoms with Gasteiger partial charge in [-0.25, -0.2) is 4.98 Å². The second kappa shape index (κ2) is 6.14. The van der Waals surface area contributed by atoms with Gasteiger partial charge < -0.3 is 10.6 Å². The Morgan fingerprint density at radius 3 is 2.67 bits per heavy atom. The number of para-hydroxylation sites is 2. The third-order valence-electron chi connectivity index (χ3n) is 3.97. The molecule has 0 spiro atoms. The van der Waals surface area contributed by atoms with E-state index in [1.807, 2.05) is 41.7 Å². The van der Waals surface area contributed by atoms with Crippen LogP contribution in [0, 0.1) is 18.3 Å². The molecule has 0 fully saturated rings. The number of anilines is 1. The van der Waals surface area contributed by atoms with E-state index in [1.54, 1.807) is 0 Å². The molecule has 0 unspecified atom stereocenters. The summed E-state index contributed by atoms with van der Waals surface area (Å²) >= 11 is 0. The van der Waals surface area contributed by atoms with Gasteiger partial charge in [-0.1, -0.05) is 12.1 Å². The molecule has 5 nitrogen and oxygen atoms in total. The lowest BCUT2D eigenvalue weighted by molar-refractivity contribution is 0.435. The summed E-state index contributed by atoms with van der Waals surface area (Å²) in [6.07, 6.45) is 0. The van der Waals surface area contributed by atoms with Gasteiger partial charge in [-0.15, -0.1) is 0 Å². The van der Waals surface area contributed by atoms with E-state index in [-0.39, 0.29) is 5.54 Å². The lowest BCUT2D eigenvalue weighted by Crippen LogP contribution is -2.38. The molecule has 0 aliphatic rings. The second-order valence-corrected chi connectivity index (χ2v) is 7.06. The second-order valence-electron chi connectivity index (χ2n) is 7.06. The Kier molecular flexibility index (Phi) is 4.16. The first-order chi connectivity index (χ1) is 11.4.